The second-order valence-electron chi connectivity index (χ2n) is 4.92. The standard InChI is InChI=1S/C11H20BrN3/c1-6-8(2)10-14-13-9(7-12)15(10)11(3,4)5/h8H,6-7H2,1-5H3. The van der Waals surface area contributed by atoms with Crippen LogP contribution in [0.4, 0.5) is 0 Å². The van der Waals surface area contributed by atoms with Gasteiger partial charge in [-0.2, -0.15) is 0 Å². The molecule has 0 amide bonds. The summed E-state index contributed by atoms with van der Waals surface area (Å²) in [5.74, 6) is 2.57. The molecular weight excluding hydrogens is 254 g/mol. The maximum atomic E-state index is 4.31. The Bertz CT molecular complexity index is 325. The SMILES string of the molecule is CCC(C)c1nnc(CBr)n1C(C)(C)C. The van der Waals surface area contributed by atoms with Gasteiger partial charge in [-0.3, -0.25) is 0 Å². The van der Waals surface area contributed by atoms with Crippen molar-refractivity contribution in [1.29, 1.82) is 0 Å². The molecule has 1 unspecified atom stereocenters. The van der Waals surface area contributed by atoms with Crippen LogP contribution in [0.3, 0.4) is 0 Å². The first-order chi connectivity index (χ1) is 6.91. The average molecular weight is 274 g/mol. The molecule has 1 atom stereocenters. The van der Waals surface area contributed by atoms with E-state index in [0.717, 1.165) is 23.4 Å². The molecule has 0 aliphatic rings. The van der Waals surface area contributed by atoms with E-state index >= 15 is 0 Å². The summed E-state index contributed by atoms with van der Waals surface area (Å²) in [6.07, 6.45) is 1.09. The zero-order valence-electron chi connectivity index (χ0n) is 10.2. The number of hydrogen-bond acceptors (Lipinski definition) is 2. The van der Waals surface area contributed by atoms with Crippen LogP contribution in [-0.4, -0.2) is 14.8 Å². The topological polar surface area (TPSA) is 30.7 Å². The fourth-order valence-electron chi connectivity index (χ4n) is 1.65. The predicted octanol–water partition coefficient (Wildman–Crippen LogP) is 3.44. The normalized spacial score (nSPS) is 14.3. The summed E-state index contributed by atoms with van der Waals surface area (Å²) < 4.78 is 2.25. The molecule has 0 radical (unpaired) electrons. The van der Waals surface area contributed by atoms with E-state index in [1.54, 1.807) is 0 Å². The third-order valence-corrected chi connectivity index (χ3v) is 3.10. The van der Waals surface area contributed by atoms with Gasteiger partial charge in [0.1, 0.15) is 11.6 Å². The minimum absolute atomic E-state index is 0.0470. The maximum Gasteiger partial charge on any atom is 0.144 e. The number of aromatic nitrogens is 3. The monoisotopic (exact) mass is 273 g/mol. The highest BCUT2D eigenvalue weighted by Gasteiger charge is 2.24. The number of alkyl halides is 1. The van der Waals surface area contributed by atoms with Gasteiger partial charge >= 0.3 is 0 Å². The molecule has 0 saturated carbocycles. The van der Waals surface area contributed by atoms with E-state index in [2.05, 4.69) is 65.3 Å². The van der Waals surface area contributed by atoms with E-state index in [1.165, 1.54) is 0 Å². The Hall–Kier alpha value is -0.380. The van der Waals surface area contributed by atoms with Gasteiger partial charge in [0.15, 0.2) is 0 Å². The van der Waals surface area contributed by atoms with Crippen molar-refractivity contribution in [2.75, 3.05) is 0 Å². The third-order valence-electron chi connectivity index (χ3n) is 2.60. The van der Waals surface area contributed by atoms with Crippen LogP contribution in [0.2, 0.25) is 0 Å². The van der Waals surface area contributed by atoms with Crippen LogP contribution >= 0.6 is 15.9 Å². The van der Waals surface area contributed by atoms with E-state index in [0.29, 0.717) is 5.92 Å². The highest BCUT2D eigenvalue weighted by Crippen LogP contribution is 2.25. The number of nitrogens with zero attached hydrogens (tertiary/aromatic N) is 3. The van der Waals surface area contributed by atoms with E-state index in [-0.39, 0.29) is 5.54 Å². The summed E-state index contributed by atoms with van der Waals surface area (Å²) in [6.45, 7) is 10.9. The molecule has 0 spiro atoms. The molecule has 1 heterocycles. The van der Waals surface area contributed by atoms with Gasteiger partial charge in [-0.25, -0.2) is 0 Å². The van der Waals surface area contributed by atoms with Crippen LogP contribution in [0.25, 0.3) is 0 Å². The molecule has 15 heavy (non-hydrogen) atoms. The van der Waals surface area contributed by atoms with Gasteiger partial charge in [0.25, 0.3) is 0 Å². The first kappa shape index (κ1) is 12.7. The molecular formula is C11H20BrN3. The Balaban J connectivity index is 3.23. The van der Waals surface area contributed by atoms with Crippen LogP contribution in [0.1, 0.15) is 58.6 Å². The fourth-order valence-corrected chi connectivity index (χ4v) is 2.01. The Labute approximate surface area is 100 Å². The highest BCUT2D eigenvalue weighted by atomic mass is 79.9. The van der Waals surface area contributed by atoms with E-state index < -0.39 is 0 Å². The maximum absolute atomic E-state index is 4.31. The quantitative estimate of drug-likeness (QED) is 0.790. The van der Waals surface area contributed by atoms with Crippen LogP contribution in [0, 0.1) is 0 Å². The smallest absolute Gasteiger partial charge is 0.144 e. The van der Waals surface area contributed by atoms with Crippen molar-refractivity contribution in [3.05, 3.63) is 11.6 Å². The summed E-state index contributed by atoms with van der Waals surface area (Å²) >= 11 is 3.46. The van der Waals surface area contributed by atoms with Crippen LogP contribution < -0.4 is 0 Å². The number of hydrogen-bond donors (Lipinski definition) is 0. The van der Waals surface area contributed by atoms with E-state index in [1.807, 2.05) is 0 Å². The summed E-state index contributed by atoms with van der Waals surface area (Å²) in [7, 11) is 0. The molecule has 0 saturated heterocycles. The van der Waals surface area contributed by atoms with Gasteiger partial charge in [0, 0.05) is 11.5 Å². The van der Waals surface area contributed by atoms with E-state index in [4.69, 9.17) is 0 Å². The second-order valence-corrected chi connectivity index (χ2v) is 5.48. The minimum atomic E-state index is 0.0470. The lowest BCUT2D eigenvalue weighted by atomic mass is 10.0. The van der Waals surface area contributed by atoms with Gasteiger partial charge in [-0.15, -0.1) is 10.2 Å². The van der Waals surface area contributed by atoms with Gasteiger partial charge in [-0.05, 0) is 27.2 Å². The molecule has 1 aromatic heterocycles. The van der Waals surface area contributed by atoms with Crippen molar-refractivity contribution >= 4 is 15.9 Å². The fraction of sp³-hybridized carbons (Fsp3) is 0.818. The zero-order valence-corrected chi connectivity index (χ0v) is 11.8. The molecule has 1 rings (SSSR count). The zero-order chi connectivity index (χ0) is 11.6. The van der Waals surface area contributed by atoms with Crippen LogP contribution in [-0.2, 0) is 10.9 Å². The molecule has 3 nitrogen and oxygen atoms in total. The third kappa shape index (κ3) is 2.60. The lowest BCUT2D eigenvalue weighted by molar-refractivity contribution is 0.364. The van der Waals surface area contributed by atoms with Gasteiger partial charge < -0.3 is 4.57 Å². The summed E-state index contributed by atoms with van der Waals surface area (Å²) in [4.78, 5) is 0. The van der Waals surface area contributed by atoms with Gasteiger partial charge in [-0.1, -0.05) is 29.8 Å². The predicted molar refractivity (Wildman–Crippen MR) is 66.4 cm³/mol. The van der Waals surface area contributed by atoms with Gasteiger partial charge in [0.05, 0.1) is 5.33 Å². The lowest BCUT2D eigenvalue weighted by Crippen LogP contribution is -2.26. The van der Waals surface area contributed by atoms with Crippen molar-refractivity contribution in [2.24, 2.45) is 0 Å². The van der Waals surface area contributed by atoms with Gasteiger partial charge in [0.2, 0.25) is 0 Å². The molecule has 0 bridgehead atoms. The second kappa shape index (κ2) is 4.64. The first-order valence-corrected chi connectivity index (χ1v) is 6.54. The lowest BCUT2D eigenvalue weighted by Gasteiger charge is -2.26. The molecule has 0 aliphatic carbocycles. The molecule has 0 aromatic carbocycles. The molecule has 0 aliphatic heterocycles. The summed E-state index contributed by atoms with van der Waals surface area (Å²) in [6, 6.07) is 0. The Morgan fingerprint density at radius 2 is 1.93 bits per heavy atom. The summed E-state index contributed by atoms with van der Waals surface area (Å²) in [5.41, 5.74) is 0.0470. The number of rotatable bonds is 3. The van der Waals surface area contributed by atoms with Crippen LogP contribution in [0.15, 0.2) is 0 Å². The van der Waals surface area contributed by atoms with E-state index in [9.17, 15) is 0 Å². The Kier molecular flexibility index (Phi) is 3.93. The Morgan fingerprint density at radius 1 is 1.33 bits per heavy atom. The molecule has 0 N–H and O–H groups in total. The van der Waals surface area contributed by atoms with Crippen molar-refractivity contribution in [3.8, 4) is 0 Å². The largest absolute Gasteiger partial charge is 0.309 e. The molecule has 0 fully saturated rings. The molecule has 1 aromatic rings. The first-order valence-electron chi connectivity index (χ1n) is 5.42. The van der Waals surface area contributed by atoms with Crippen molar-refractivity contribution in [3.63, 3.8) is 0 Å². The highest BCUT2D eigenvalue weighted by molar-refractivity contribution is 9.08. The van der Waals surface area contributed by atoms with Crippen molar-refractivity contribution in [2.45, 2.75) is 57.8 Å². The average Bonchev–Trinajstić information content (AvgIpc) is 2.59. The Morgan fingerprint density at radius 3 is 2.33 bits per heavy atom. The van der Waals surface area contributed by atoms with Crippen LogP contribution in [0.5, 0.6) is 0 Å². The summed E-state index contributed by atoms with van der Waals surface area (Å²) in [5, 5.41) is 9.30. The number of halogens is 1. The van der Waals surface area contributed by atoms with Crippen molar-refractivity contribution in [1.82, 2.24) is 14.8 Å². The van der Waals surface area contributed by atoms with Crippen molar-refractivity contribution < 1.29 is 0 Å². The molecule has 4 heteroatoms. The minimum Gasteiger partial charge on any atom is -0.309 e. The molecule has 86 valence electrons.